The van der Waals surface area contributed by atoms with Crippen LogP contribution in [-0.4, -0.2) is 30.6 Å². The first-order valence-corrected chi connectivity index (χ1v) is 8.38. The van der Waals surface area contributed by atoms with Crippen LogP contribution in [0.3, 0.4) is 0 Å². The van der Waals surface area contributed by atoms with Crippen LogP contribution in [0.2, 0.25) is 0 Å². The molecule has 0 spiro atoms. The molecule has 2 N–H and O–H groups in total. The molecule has 1 atom stereocenters. The zero-order chi connectivity index (χ0) is 22.9. The summed E-state index contributed by atoms with van der Waals surface area (Å²) in [7, 11) is 0. The van der Waals surface area contributed by atoms with Crippen molar-refractivity contribution in [3.63, 3.8) is 0 Å². The maximum absolute atomic E-state index is 12.9. The number of aliphatic imine (C=N–C) groups is 4. The standard InChI is InChI=1S/C19H19F6N5/c1-4-5-6-27-13(3)30-17(29-11-26)12(2)28-10-14-7-15(18(20,21)22)9-16(8-14)19(23,24)25/h4-12H,3H2,1-2H3,(H2,26,29,30)/b5-4-,27-6?,28-10?. The van der Waals surface area contributed by atoms with Gasteiger partial charge in [-0.25, -0.2) is 15.0 Å². The van der Waals surface area contributed by atoms with Gasteiger partial charge in [0.2, 0.25) is 0 Å². The van der Waals surface area contributed by atoms with Gasteiger partial charge in [-0.2, -0.15) is 26.3 Å². The third-order valence-electron chi connectivity index (χ3n) is 3.38. The highest BCUT2D eigenvalue weighted by Crippen LogP contribution is 2.36. The van der Waals surface area contributed by atoms with Crippen LogP contribution in [0.25, 0.3) is 0 Å². The van der Waals surface area contributed by atoms with Gasteiger partial charge < -0.3 is 5.73 Å². The normalized spacial score (nSPS) is 15.1. The zero-order valence-corrected chi connectivity index (χ0v) is 16.0. The largest absolute Gasteiger partial charge is 0.416 e. The lowest BCUT2D eigenvalue weighted by Gasteiger charge is -2.13. The van der Waals surface area contributed by atoms with E-state index in [1.807, 2.05) is 0 Å². The monoisotopic (exact) mass is 431 g/mol. The number of rotatable bonds is 6. The van der Waals surface area contributed by atoms with Gasteiger partial charge in [0, 0.05) is 12.4 Å². The molecule has 0 aliphatic heterocycles. The van der Waals surface area contributed by atoms with Crippen molar-refractivity contribution in [3.05, 3.63) is 59.4 Å². The highest BCUT2D eigenvalue weighted by molar-refractivity contribution is 5.95. The maximum atomic E-state index is 12.9. The molecule has 30 heavy (non-hydrogen) atoms. The number of hydrogen-bond donors (Lipinski definition) is 1. The molecule has 5 nitrogen and oxygen atoms in total. The molecule has 0 saturated carbocycles. The Morgan fingerprint density at radius 3 is 2.07 bits per heavy atom. The number of halogens is 6. The second-order valence-corrected chi connectivity index (χ2v) is 5.76. The van der Waals surface area contributed by atoms with Crippen LogP contribution in [0.4, 0.5) is 26.3 Å². The third-order valence-corrected chi connectivity index (χ3v) is 3.38. The molecule has 1 rings (SSSR count). The van der Waals surface area contributed by atoms with E-state index in [9.17, 15) is 26.3 Å². The molecule has 0 saturated heterocycles. The van der Waals surface area contributed by atoms with E-state index in [1.54, 1.807) is 19.1 Å². The SMILES string of the molecule is C=C(N=C/C=C\C)N=C(N=CN)C(C)N=Cc1cc(C(F)(F)F)cc(C(F)(F)F)c1. The Kier molecular flexibility index (Phi) is 8.69. The Labute approximate surface area is 169 Å². The molecule has 0 aliphatic rings. The number of nitrogens with two attached hydrogens (primary N) is 1. The first kappa shape index (κ1) is 24.8. The Morgan fingerprint density at radius 2 is 1.60 bits per heavy atom. The van der Waals surface area contributed by atoms with Crippen LogP contribution in [0.1, 0.15) is 30.5 Å². The average Bonchev–Trinajstić information content (AvgIpc) is 2.64. The van der Waals surface area contributed by atoms with Crippen LogP contribution in [0, 0.1) is 0 Å². The maximum Gasteiger partial charge on any atom is 0.416 e. The minimum atomic E-state index is -4.95. The van der Waals surface area contributed by atoms with E-state index < -0.39 is 29.5 Å². The fraction of sp³-hybridized carbons (Fsp3) is 0.263. The van der Waals surface area contributed by atoms with E-state index >= 15 is 0 Å². The Morgan fingerprint density at radius 1 is 1.03 bits per heavy atom. The minimum Gasteiger partial charge on any atom is -0.390 e. The molecule has 0 aromatic heterocycles. The number of nitrogens with zero attached hydrogens (tertiary/aromatic N) is 4. The van der Waals surface area contributed by atoms with Gasteiger partial charge in [0.05, 0.1) is 17.5 Å². The number of allylic oxidation sites excluding steroid dienone is 2. The molecule has 0 aliphatic carbocycles. The molecule has 1 aromatic rings. The quantitative estimate of drug-likeness (QED) is 0.383. The van der Waals surface area contributed by atoms with Crippen molar-refractivity contribution in [2.75, 3.05) is 0 Å². The summed E-state index contributed by atoms with van der Waals surface area (Å²) in [6, 6.07) is 0.310. The van der Waals surface area contributed by atoms with E-state index in [1.165, 1.54) is 13.1 Å². The lowest BCUT2D eigenvalue weighted by Crippen LogP contribution is -2.15. The van der Waals surface area contributed by atoms with Crippen LogP contribution < -0.4 is 5.73 Å². The lowest BCUT2D eigenvalue weighted by atomic mass is 10.1. The molecule has 1 aromatic carbocycles. The summed E-state index contributed by atoms with van der Waals surface area (Å²) < 4.78 is 77.7. The predicted octanol–water partition coefficient (Wildman–Crippen LogP) is 5.04. The molecule has 0 bridgehead atoms. The summed E-state index contributed by atoms with van der Waals surface area (Å²) in [6.07, 6.45) is -3.34. The average molecular weight is 431 g/mol. The predicted molar refractivity (Wildman–Crippen MR) is 106 cm³/mol. The van der Waals surface area contributed by atoms with E-state index in [4.69, 9.17) is 5.73 Å². The first-order valence-electron chi connectivity index (χ1n) is 8.38. The van der Waals surface area contributed by atoms with Crippen molar-refractivity contribution < 1.29 is 26.3 Å². The molecule has 11 heteroatoms. The van der Waals surface area contributed by atoms with Gasteiger partial charge >= 0.3 is 12.4 Å². The van der Waals surface area contributed by atoms with E-state index in [0.717, 1.165) is 12.6 Å². The Bertz CT molecular complexity index is 859. The second kappa shape index (κ2) is 10.5. The molecular formula is C19H19F6N5. The number of hydrogen-bond acceptors (Lipinski definition) is 3. The summed E-state index contributed by atoms with van der Waals surface area (Å²) in [5.41, 5.74) is 1.99. The fourth-order valence-corrected chi connectivity index (χ4v) is 2.00. The van der Waals surface area contributed by atoms with Crippen LogP contribution in [-0.2, 0) is 12.4 Å². The molecular weight excluding hydrogens is 412 g/mol. The summed E-state index contributed by atoms with van der Waals surface area (Å²) in [6.45, 7) is 6.84. The van der Waals surface area contributed by atoms with Crippen molar-refractivity contribution in [1.29, 1.82) is 0 Å². The van der Waals surface area contributed by atoms with Gasteiger partial charge in [-0.15, -0.1) is 0 Å². The van der Waals surface area contributed by atoms with Crippen molar-refractivity contribution in [1.82, 2.24) is 0 Å². The second-order valence-electron chi connectivity index (χ2n) is 5.76. The Balaban J connectivity index is 3.26. The van der Waals surface area contributed by atoms with Crippen LogP contribution >= 0.6 is 0 Å². The summed E-state index contributed by atoms with van der Waals surface area (Å²) in [5, 5.41) is 0. The van der Waals surface area contributed by atoms with Crippen molar-refractivity contribution in [2.45, 2.75) is 32.2 Å². The van der Waals surface area contributed by atoms with Gasteiger partial charge in [-0.1, -0.05) is 12.7 Å². The van der Waals surface area contributed by atoms with Gasteiger partial charge in [0.1, 0.15) is 11.9 Å². The van der Waals surface area contributed by atoms with E-state index in [2.05, 4.69) is 26.5 Å². The van der Waals surface area contributed by atoms with Gasteiger partial charge in [0.15, 0.2) is 5.84 Å². The van der Waals surface area contributed by atoms with Crippen molar-refractivity contribution in [3.8, 4) is 0 Å². The summed E-state index contributed by atoms with van der Waals surface area (Å²) >= 11 is 0. The highest BCUT2D eigenvalue weighted by atomic mass is 19.4. The first-order chi connectivity index (χ1) is 13.9. The smallest absolute Gasteiger partial charge is 0.390 e. The molecule has 1 unspecified atom stereocenters. The van der Waals surface area contributed by atoms with Crippen LogP contribution in [0.5, 0.6) is 0 Å². The van der Waals surface area contributed by atoms with Gasteiger partial charge in [-0.3, -0.25) is 4.99 Å². The van der Waals surface area contributed by atoms with Crippen LogP contribution in [0.15, 0.2) is 62.7 Å². The lowest BCUT2D eigenvalue weighted by molar-refractivity contribution is -0.143. The molecule has 0 heterocycles. The molecule has 0 radical (unpaired) electrons. The van der Waals surface area contributed by atoms with E-state index in [-0.39, 0.29) is 23.3 Å². The molecule has 0 amide bonds. The number of benzene rings is 1. The van der Waals surface area contributed by atoms with Gasteiger partial charge in [0.25, 0.3) is 0 Å². The van der Waals surface area contributed by atoms with Crippen molar-refractivity contribution >= 4 is 24.6 Å². The minimum absolute atomic E-state index is 0.0133. The molecule has 162 valence electrons. The van der Waals surface area contributed by atoms with Gasteiger partial charge in [-0.05, 0) is 43.7 Å². The topological polar surface area (TPSA) is 75.5 Å². The molecule has 0 fully saturated rings. The van der Waals surface area contributed by atoms with E-state index in [0.29, 0.717) is 12.1 Å². The zero-order valence-electron chi connectivity index (χ0n) is 16.0. The highest BCUT2D eigenvalue weighted by Gasteiger charge is 2.36. The summed E-state index contributed by atoms with van der Waals surface area (Å²) in [5.74, 6) is 0.0635. The third kappa shape index (κ3) is 8.02. The fourth-order valence-electron chi connectivity index (χ4n) is 2.00. The number of alkyl halides is 6. The summed E-state index contributed by atoms with van der Waals surface area (Å²) in [4.78, 5) is 15.6. The number of amidine groups is 1. The Hall–Kier alpha value is -3.24. The van der Waals surface area contributed by atoms with Crippen molar-refractivity contribution in [2.24, 2.45) is 25.7 Å².